The van der Waals surface area contributed by atoms with E-state index >= 15 is 0 Å². The van der Waals surface area contributed by atoms with E-state index in [-0.39, 0.29) is 32.2 Å². The van der Waals surface area contributed by atoms with Gasteiger partial charge in [0.2, 0.25) is 0 Å². The highest BCUT2D eigenvalue weighted by Gasteiger charge is 2.22. The van der Waals surface area contributed by atoms with E-state index in [9.17, 15) is 19.5 Å². The SMILES string of the molecule is CC/C=C\C/C=C\C/C=C\C/C=C\CCCCCCCCCCCCCCCCCCCCCCCCC(=O)OC(COC(=O)CCCCCCCCCCCCCCCCC/C=C\CCCCCCCCCC)COC(OCC[N+](C)(C)C)C(=O)[O-]. The van der Waals surface area contributed by atoms with Crippen molar-refractivity contribution >= 4 is 17.9 Å². The normalized spacial score (nSPS) is 13.0. The van der Waals surface area contributed by atoms with Crippen molar-refractivity contribution in [3.8, 4) is 0 Å². The molecule has 0 amide bonds. The number of nitrogens with zero attached hydrogens (tertiary/aromatic N) is 1. The number of rotatable bonds is 70. The molecular formula is C78H143NO8. The Morgan fingerprint density at radius 1 is 0.356 bits per heavy atom. The lowest BCUT2D eigenvalue weighted by atomic mass is 10.0. The highest BCUT2D eigenvalue weighted by atomic mass is 16.7. The largest absolute Gasteiger partial charge is 0.545 e. The van der Waals surface area contributed by atoms with Gasteiger partial charge in [-0.3, -0.25) is 9.59 Å². The van der Waals surface area contributed by atoms with Crippen molar-refractivity contribution in [2.45, 2.75) is 373 Å². The molecule has 0 radical (unpaired) electrons. The molecule has 0 bridgehead atoms. The Labute approximate surface area is 539 Å². The van der Waals surface area contributed by atoms with Crippen LogP contribution in [0.3, 0.4) is 0 Å². The van der Waals surface area contributed by atoms with Gasteiger partial charge < -0.3 is 33.3 Å². The van der Waals surface area contributed by atoms with E-state index < -0.39 is 24.3 Å². The Hall–Kier alpha value is -3.01. The summed E-state index contributed by atoms with van der Waals surface area (Å²) >= 11 is 0. The Morgan fingerprint density at radius 3 is 0.989 bits per heavy atom. The molecule has 0 heterocycles. The number of hydrogen-bond acceptors (Lipinski definition) is 8. The van der Waals surface area contributed by atoms with E-state index in [1.165, 1.54) is 270 Å². The van der Waals surface area contributed by atoms with Crippen LogP contribution in [0, 0.1) is 0 Å². The highest BCUT2D eigenvalue weighted by molar-refractivity contribution is 5.70. The molecule has 2 atom stereocenters. The fraction of sp³-hybridized carbons (Fsp3) is 0.833. The van der Waals surface area contributed by atoms with E-state index in [0.29, 0.717) is 17.4 Å². The third kappa shape index (κ3) is 70.3. The molecule has 0 aromatic carbocycles. The Bertz CT molecular complexity index is 1610. The van der Waals surface area contributed by atoms with Crippen LogP contribution < -0.4 is 5.11 Å². The summed E-state index contributed by atoms with van der Waals surface area (Å²) in [5.41, 5.74) is 0. The number of aliphatic carboxylic acids is 1. The minimum absolute atomic E-state index is 0.150. The van der Waals surface area contributed by atoms with Gasteiger partial charge in [-0.1, -0.05) is 331 Å². The van der Waals surface area contributed by atoms with Crippen LogP contribution in [0.4, 0.5) is 0 Å². The summed E-state index contributed by atoms with van der Waals surface area (Å²) in [7, 11) is 5.95. The first-order valence-corrected chi connectivity index (χ1v) is 37.4. The van der Waals surface area contributed by atoms with E-state index in [1.807, 2.05) is 21.1 Å². The quantitative estimate of drug-likeness (QED) is 0.0195. The number of carbonyl (C=O) groups is 3. The van der Waals surface area contributed by atoms with Gasteiger partial charge in [0.1, 0.15) is 13.2 Å². The highest BCUT2D eigenvalue weighted by Crippen LogP contribution is 2.19. The van der Waals surface area contributed by atoms with Crippen LogP contribution in [-0.4, -0.2) is 82.3 Å². The van der Waals surface area contributed by atoms with Crippen LogP contribution >= 0.6 is 0 Å². The zero-order valence-electron chi connectivity index (χ0n) is 58.2. The van der Waals surface area contributed by atoms with Gasteiger partial charge in [0, 0.05) is 12.8 Å². The molecule has 87 heavy (non-hydrogen) atoms. The van der Waals surface area contributed by atoms with Crippen molar-refractivity contribution in [1.82, 2.24) is 0 Å². The third-order valence-electron chi connectivity index (χ3n) is 16.7. The summed E-state index contributed by atoms with van der Waals surface area (Å²) in [6, 6.07) is 0. The topological polar surface area (TPSA) is 111 Å². The predicted molar refractivity (Wildman–Crippen MR) is 371 cm³/mol. The summed E-state index contributed by atoms with van der Waals surface area (Å²) in [6.45, 7) is 4.70. The zero-order valence-corrected chi connectivity index (χ0v) is 58.2. The maximum absolute atomic E-state index is 13.0. The molecule has 0 aromatic rings. The lowest BCUT2D eigenvalue weighted by Crippen LogP contribution is -2.44. The molecule has 508 valence electrons. The first kappa shape index (κ1) is 84.0. The van der Waals surface area contributed by atoms with Crippen LogP contribution in [0.15, 0.2) is 60.8 Å². The average molecular weight is 1220 g/mol. The van der Waals surface area contributed by atoms with Crippen molar-refractivity contribution in [3.63, 3.8) is 0 Å². The standard InChI is InChI=1S/C78H143NO8/c1-6-8-10-12-14-16-18-20-22-24-26-28-30-32-34-35-36-37-38-39-40-41-43-45-47-49-51-53-55-57-59-61-63-65-67-69-76(81)87-74(73-86-78(77(82)83)84-71-70-79(3,4)5)72-85-75(80)68-66-64-62-60-58-56-54-52-50-48-46-44-42-33-31-29-27-25-23-21-19-17-15-13-11-9-7-2/h8,10,14,16,20,22,25-28,74,78H,6-7,9,11-13,15,17-19,21,23-24,29-73H2,1-5H3/b10-8-,16-14-,22-20-,27-25-,28-26-. The van der Waals surface area contributed by atoms with Gasteiger partial charge in [0.15, 0.2) is 12.4 Å². The molecule has 0 aliphatic carbocycles. The van der Waals surface area contributed by atoms with Crippen molar-refractivity contribution in [3.05, 3.63) is 60.8 Å². The van der Waals surface area contributed by atoms with Crippen molar-refractivity contribution in [1.29, 1.82) is 0 Å². The van der Waals surface area contributed by atoms with Crippen LogP contribution in [0.25, 0.3) is 0 Å². The van der Waals surface area contributed by atoms with Crippen LogP contribution in [0.2, 0.25) is 0 Å². The molecule has 0 aliphatic heterocycles. The molecule has 0 aliphatic rings. The van der Waals surface area contributed by atoms with E-state index in [2.05, 4.69) is 74.6 Å². The van der Waals surface area contributed by atoms with Crippen molar-refractivity contribution < 1.29 is 42.9 Å². The fourth-order valence-corrected chi connectivity index (χ4v) is 11.1. The van der Waals surface area contributed by atoms with Gasteiger partial charge in [0.05, 0.1) is 40.3 Å². The Morgan fingerprint density at radius 2 is 0.655 bits per heavy atom. The molecule has 9 heteroatoms. The molecule has 0 saturated heterocycles. The van der Waals surface area contributed by atoms with Gasteiger partial charge in [-0.2, -0.15) is 0 Å². The number of carboxylic acids is 1. The van der Waals surface area contributed by atoms with Gasteiger partial charge in [-0.05, 0) is 77.0 Å². The average Bonchev–Trinajstić information content (AvgIpc) is 3.56. The molecule has 0 N–H and O–H groups in total. The second kappa shape index (κ2) is 68.9. The van der Waals surface area contributed by atoms with Crippen molar-refractivity contribution in [2.75, 3.05) is 47.5 Å². The van der Waals surface area contributed by atoms with Gasteiger partial charge in [-0.25, -0.2) is 0 Å². The third-order valence-corrected chi connectivity index (χ3v) is 16.7. The molecule has 2 unspecified atom stereocenters. The lowest BCUT2D eigenvalue weighted by Gasteiger charge is -2.26. The monoisotopic (exact) mass is 1220 g/mol. The van der Waals surface area contributed by atoms with Gasteiger partial charge in [0.25, 0.3) is 0 Å². The molecule has 0 fully saturated rings. The lowest BCUT2D eigenvalue weighted by molar-refractivity contribution is -0.870. The number of carbonyl (C=O) groups excluding carboxylic acids is 3. The van der Waals surface area contributed by atoms with Crippen LogP contribution in [-0.2, 0) is 33.3 Å². The summed E-state index contributed by atoms with van der Waals surface area (Å²) in [6.07, 6.45) is 87.5. The summed E-state index contributed by atoms with van der Waals surface area (Å²) in [5, 5.41) is 11.8. The van der Waals surface area contributed by atoms with Gasteiger partial charge in [-0.15, -0.1) is 0 Å². The van der Waals surface area contributed by atoms with Crippen LogP contribution in [0.5, 0.6) is 0 Å². The molecule has 0 rings (SSSR count). The fourth-order valence-electron chi connectivity index (χ4n) is 11.1. The molecule has 0 aromatic heterocycles. The number of likely N-dealkylation sites (N-methyl/N-ethyl adjacent to an activating group) is 1. The van der Waals surface area contributed by atoms with Gasteiger partial charge >= 0.3 is 11.9 Å². The number of esters is 2. The molecule has 0 spiro atoms. The number of hydrogen-bond donors (Lipinski definition) is 0. The summed E-state index contributed by atoms with van der Waals surface area (Å²) in [4.78, 5) is 37.5. The first-order chi connectivity index (χ1) is 42.6. The predicted octanol–water partition coefficient (Wildman–Crippen LogP) is 22.1. The maximum Gasteiger partial charge on any atom is 0.306 e. The Kier molecular flexibility index (Phi) is 66.5. The van der Waals surface area contributed by atoms with Crippen LogP contribution in [0.1, 0.15) is 361 Å². The number of allylic oxidation sites excluding steroid dienone is 10. The Balaban J connectivity index is 4.02. The second-order valence-electron chi connectivity index (χ2n) is 26.6. The van der Waals surface area contributed by atoms with E-state index in [0.717, 1.165) is 64.2 Å². The smallest absolute Gasteiger partial charge is 0.306 e. The number of carboxylic acid groups (broad SMARTS) is 1. The van der Waals surface area contributed by atoms with E-state index in [4.69, 9.17) is 18.9 Å². The number of unbranched alkanes of at least 4 members (excludes halogenated alkanes) is 45. The molecule has 0 saturated carbocycles. The number of ether oxygens (including phenoxy) is 4. The minimum Gasteiger partial charge on any atom is -0.545 e. The molecule has 9 nitrogen and oxygen atoms in total. The minimum atomic E-state index is -1.62. The van der Waals surface area contributed by atoms with E-state index in [1.54, 1.807) is 0 Å². The first-order valence-electron chi connectivity index (χ1n) is 37.4. The number of quaternary nitrogens is 1. The second-order valence-corrected chi connectivity index (χ2v) is 26.6. The molecular weight excluding hydrogens is 1080 g/mol. The summed E-state index contributed by atoms with van der Waals surface area (Å²) in [5.74, 6) is -2.26. The maximum atomic E-state index is 13.0. The summed E-state index contributed by atoms with van der Waals surface area (Å²) < 4.78 is 22.9. The van der Waals surface area contributed by atoms with Crippen molar-refractivity contribution in [2.24, 2.45) is 0 Å². The zero-order chi connectivity index (χ0) is 63.3.